The summed E-state index contributed by atoms with van der Waals surface area (Å²) in [4.78, 5) is 0. The fourth-order valence-electron chi connectivity index (χ4n) is 0.267. The number of nitrogens with two attached hydrogens (primary N) is 1. The van der Waals surface area contributed by atoms with Crippen LogP contribution < -0.4 is 5.73 Å². The Labute approximate surface area is 105 Å². The zero-order chi connectivity index (χ0) is 14.6. The normalized spacial score (nSPS) is 8.06. The predicted octanol–water partition coefficient (Wildman–Crippen LogP) is -1.99. The zero-order valence-corrected chi connectivity index (χ0v) is 10.2. The van der Waals surface area contributed by atoms with E-state index in [4.69, 9.17) is 31.9 Å². The molecule has 0 fully saturated rings. The van der Waals surface area contributed by atoms with Gasteiger partial charge in [0.1, 0.15) is 13.6 Å². The minimum atomic E-state index is -0.406. The molecule has 0 aliphatic rings. The number of methoxy groups -OCH3 is 1. The summed E-state index contributed by atoms with van der Waals surface area (Å²) in [7, 11) is 1.49. The lowest BCUT2D eigenvalue weighted by atomic mass is 10.7. The van der Waals surface area contributed by atoms with Crippen molar-refractivity contribution in [3.05, 3.63) is 0 Å². The molecule has 0 heterocycles. The molecule has 0 aromatic carbocycles. The first-order chi connectivity index (χ1) is 8.64. The summed E-state index contributed by atoms with van der Waals surface area (Å²) < 4.78 is 16.9. The van der Waals surface area contributed by atoms with E-state index in [9.17, 15) is 0 Å². The molecule has 0 amide bonds. The van der Waals surface area contributed by atoms with E-state index >= 15 is 0 Å². The quantitative estimate of drug-likeness (QED) is 0.175. The molecule has 10 heteroatoms. The van der Waals surface area contributed by atoms with Crippen LogP contribution in [0.4, 0.5) is 0 Å². The predicted molar refractivity (Wildman–Crippen MR) is 62.0 cm³/mol. The van der Waals surface area contributed by atoms with Crippen LogP contribution in [0.5, 0.6) is 0 Å². The molecule has 110 valence electrons. The van der Waals surface area contributed by atoms with Crippen molar-refractivity contribution in [1.82, 2.24) is 0 Å². The fourth-order valence-corrected chi connectivity index (χ4v) is 0.267. The molecular weight excluding hydrogens is 250 g/mol. The Morgan fingerprint density at radius 3 is 1.94 bits per heavy atom. The van der Waals surface area contributed by atoms with Crippen LogP contribution in [-0.2, 0) is 18.9 Å². The molecular formula is C8H21N3O7. The summed E-state index contributed by atoms with van der Waals surface area (Å²) >= 11 is 0. The Bertz CT molecular complexity index is 169. The highest BCUT2D eigenvalue weighted by Crippen LogP contribution is 1.74. The molecule has 0 radical (unpaired) electrons. The molecule has 0 bridgehead atoms. The van der Waals surface area contributed by atoms with E-state index in [0.717, 1.165) is 0 Å². The SMILES string of the molecule is COCOC(=N)CN.N=COCO.OCOCO. The van der Waals surface area contributed by atoms with Crippen LogP contribution in [0.2, 0.25) is 0 Å². The molecule has 18 heavy (non-hydrogen) atoms. The van der Waals surface area contributed by atoms with E-state index in [1.54, 1.807) is 0 Å². The fraction of sp³-hybridized carbons (Fsp3) is 0.750. The van der Waals surface area contributed by atoms with Crippen LogP contribution in [0.15, 0.2) is 0 Å². The Morgan fingerprint density at radius 2 is 1.78 bits per heavy atom. The van der Waals surface area contributed by atoms with Gasteiger partial charge in [-0.05, 0) is 0 Å². The average Bonchev–Trinajstić information content (AvgIpc) is 2.39. The standard InChI is InChI=1S/C4H10N2O2.C2H5NO2.C2H6O3/c1-7-3-8-4(6)2-5;2*3-1-5-2-4/h6H,2-3,5H2,1H3;1,3-4H,2H2;3-4H,1-2H2. The van der Waals surface area contributed by atoms with Gasteiger partial charge in [-0.15, -0.1) is 0 Å². The van der Waals surface area contributed by atoms with Gasteiger partial charge in [0.15, 0.2) is 25.9 Å². The van der Waals surface area contributed by atoms with Gasteiger partial charge in [0.25, 0.3) is 0 Å². The van der Waals surface area contributed by atoms with E-state index in [1.807, 2.05) is 0 Å². The highest BCUT2D eigenvalue weighted by atomic mass is 16.7. The molecule has 0 spiro atoms. The third-order valence-electron chi connectivity index (χ3n) is 0.877. The number of aliphatic hydroxyl groups excluding tert-OH is 3. The monoisotopic (exact) mass is 271 g/mol. The van der Waals surface area contributed by atoms with E-state index in [0.29, 0.717) is 6.40 Å². The van der Waals surface area contributed by atoms with Crippen molar-refractivity contribution in [3.63, 3.8) is 0 Å². The summed E-state index contributed by atoms with van der Waals surface area (Å²) in [6.07, 6.45) is 0.681. The Hall–Kier alpha value is -1.30. The maximum atomic E-state index is 7.69. The molecule has 0 atom stereocenters. The molecule has 10 nitrogen and oxygen atoms in total. The van der Waals surface area contributed by atoms with Gasteiger partial charge in [0, 0.05) is 7.11 Å². The van der Waals surface area contributed by atoms with Gasteiger partial charge in [-0.2, -0.15) is 0 Å². The van der Waals surface area contributed by atoms with E-state index in [2.05, 4.69) is 18.9 Å². The van der Waals surface area contributed by atoms with Gasteiger partial charge in [0.2, 0.25) is 0 Å². The molecule has 0 rings (SSSR count). The Morgan fingerprint density at radius 1 is 1.22 bits per heavy atom. The molecule has 0 saturated carbocycles. The minimum Gasteiger partial charge on any atom is -0.458 e. The second kappa shape index (κ2) is 24.8. The number of nitrogens with one attached hydrogen (secondary N) is 2. The number of hydrogen-bond acceptors (Lipinski definition) is 10. The van der Waals surface area contributed by atoms with Gasteiger partial charge in [0.05, 0.1) is 6.54 Å². The van der Waals surface area contributed by atoms with Gasteiger partial charge in [-0.3, -0.25) is 10.8 Å². The highest BCUT2D eigenvalue weighted by Gasteiger charge is 1.88. The largest absolute Gasteiger partial charge is 0.458 e. The van der Waals surface area contributed by atoms with E-state index in [-0.39, 0.29) is 19.2 Å². The molecule has 0 unspecified atom stereocenters. The lowest BCUT2D eigenvalue weighted by Crippen LogP contribution is -2.16. The third kappa shape index (κ3) is 36.5. The van der Waals surface area contributed by atoms with Crippen LogP contribution in [-0.4, -0.2) is 68.4 Å². The number of hydrogen-bond donors (Lipinski definition) is 6. The maximum absolute atomic E-state index is 7.69. The zero-order valence-electron chi connectivity index (χ0n) is 10.2. The summed E-state index contributed by atoms with van der Waals surface area (Å²) in [5.41, 5.74) is 5.01. The van der Waals surface area contributed by atoms with Crippen LogP contribution in [0.1, 0.15) is 0 Å². The smallest absolute Gasteiger partial charge is 0.197 e. The van der Waals surface area contributed by atoms with Crippen molar-refractivity contribution in [2.75, 3.05) is 40.8 Å². The number of rotatable bonds is 7. The molecule has 0 aliphatic heterocycles. The van der Waals surface area contributed by atoms with Crippen LogP contribution in [0.3, 0.4) is 0 Å². The molecule has 7 N–H and O–H groups in total. The maximum Gasteiger partial charge on any atom is 0.197 e. The lowest BCUT2D eigenvalue weighted by Gasteiger charge is -2.01. The lowest BCUT2D eigenvalue weighted by molar-refractivity contribution is -0.0763. The van der Waals surface area contributed by atoms with Gasteiger partial charge in [-0.1, -0.05) is 0 Å². The second-order valence-corrected chi connectivity index (χ2v) is 2.05. The average molecular weight is 271 g/mol. The molecule has 0 saturated heterocycles. The summed E-state index contributed by atoms with van der Waals surface area (Å²) in [6.45, 7) is -0.976. The van der Waals surface area contributed by atoms with Crippen molar-refractivity contribution in [2.45, 2.75) is 0 Å². The Kier molecular flexibility index (Phi) is 30.2. The van der Waals surface area contributed by atoms with Crippen molar-refractivity contribution >= 4 is 12.3 Å². The topological polar surface area (TPSA) is 171 Å². The first-order valence-electron chi connectivity index (χ1n) is 4.54. The molecule has 0 aliphatic carbocycles. The van der Waals surface area contributed by atoms with Crippen molar-refractivity contribution in [2.24, 2.45) is 5.73 Å². The number of ether oxygens (including phenoxy) is 4. The van der Waals surface area contributed by atoms with Crippen LogP contribution >= 0.6 is 0 Å². The van der Waals surface area contributed by atoms with Crippen LogP contribution in [0.25, 0.3) is 0 Å². The van der Waals surface area contributed by atoms with E-state index in [1.165, 1.54) is 7.11 Å². The van der Waals surface area contributed by atoms with Crippen molar-refractivity contribution < 1.29 is 34.3 Å². The third-order valence-corrected chi connectivity index (χ3v) is 0.877. The first kappa shape index (κ1) is 21.9. The van der Waals surface area contributed by atoms with Gasteiger partial charge >= 0.3 is 0 Å². The molecule has 0 aromatic rings. The first-order valence-corrected chi connectivity index (χ1v) is 4.54. The van der Waals surface area contributed by atoms with Crippen molar-refractivity contribution in [3.8, 4) is 0 Å². The van der Waals surface area contributed by atoms with Crippen LogP contribution in [0, 0.1) is 10.8 Å². The molecule has 0 aromatic heterocycles. The summed E-state index contributed by atoms with van der Waals surface area (Å²) in [5, 5.41) is 36.0. The summed E-state index contributed by atoms with van der Waals surface area (Å²) in [6, 6.07) is 0. The van der Waals surface area contributed by atoms with E-state index < -0.39 is 20.4 Å². The number of aliphatic hydroxyl groups is 3. The van der Waals surface area contributed by atoms with Gasteiger partial charge in [-0.25, -0.2) is 0 Å². The highest BCUT2D eigenvalue weighted by molar-refractivity contribution is 5.74. The second-order valence-electron chi connectivity index (χ2n) is 2.05. The summed E-state index contributed by atoms with van der Waals surface area (Å²) in [5.74, 6) is 0.0480. The van der Waals surface area contributed by atoms with Crippen molar-refractivity contribution in [1.29, 1.82) is 10.8 Å². The Balaban J connectivity index is -0.000000197. The van der Waals surface area contributed by atoms with Gasteiger partial charge < -0.3 is 40.0 Å². The minimum absolute atomic E-state index is 0.0480.